The summed E-state index contributed by atoms with van der Waals surface area (Å²) in [5, 5.41) is 5.62. The van der Waals surface area contributed by atoms with Crippen molar-refractivity contribution in [3.05, 3.63) is 35.4 Å². The molecule has 8 nitrogen and oxygen atoms in total. The van der Waals surface area contributed by atoms with Gasteiger partial charge >= 0.3 is 12.1 Å². The minimum Gasteiger partial charge on any atom is -0.380 e. The molecule has 0 aromatic heterocycles. The number of imide groups is 1. The maximum atomic E-state index is 12.2. The highest BCUT2D eigenvalue weighted by molar-refractivity contribution is 9.09. The molecular formula is C21H27BrN4O4. The quantitative estimate of drug-likeness (QED) is 0.196. The Labute approximate surface area is 185 Å². The molecular weight excluding hydrogens is 452 g/mol. The zero-order chi connectivity index (χ0) is 21.8. The van der Waals surface area contributed by atoms with E-state index in [-0.39, 0.29) is 6.54 Å². The van der Waals surface area contributed by atoms with Gasteiger partial charge in [0.25, 0.3) is 5.91 Å². The van der Waals surface area contributed by atoms with Gasteiger partial charge in [-0.25, -0.2) is 9.59 Å². The molecule has 1 saturated heterocycles. The number of nitrogens with one attached hydrogen (secondary N) is 2. The summed E-state index contributed by atoms with van der Waals surface area (Å²) in [6, 6.07) is 5.85. The van der Waals surface area contributed by atoms with Crippen LogP contribution in [0.15, 0.2) is 24.3 Å². The zero-order valence-corrected chi connectivity index (χ0v) is 18.4. The molecule has 1 aromatic carbocycles. The molecule has 4 N–H and O–H groups in total. The lowest BCUT2D eigenvalue weighted by molar-refractivity contribution is -0.128. The van der Waals surface area contributed by atoms with E-state index < -0.39 is 24.1 Å². The number of urea groups is 2. The Morgan fingerprint density at radius 2 is 2.03 bits per heavy atom. The molecule has 30 heavy (non-hydrogen) atoms. The molecule has 2 rings (SSSR count). The lowest BCUT2D eigenvalue weighted by Crippen LogP contribution is -2.48. The predicted molar refractivity (Wildman–Crippen MR) is 117 cm³/mol. The molecule has 1 aromatic rings. The van der Waals surface area contributed by atoms with Crippen molar-refractivity contribution in [1.29, 1.82) is 0 Å². The Bertz CT molecular complexity index is 806. The molecule has 9 heteroatoms. The Balaban J connectivity index is 1.77. The van der Waals surface area contributed by atoms with Crippen molar-refractivity contribution in [2.75, 3.05) is 18.5 Å². The van der Waals surface area contributed by atoms with Gasteiger partial charge in [-0.15, -0.1) is 0 Å². The van der Waals surface area contributed by atoms with Crippen molar-refractivity contribution in [2.24, 2.45) is 5.73 Å². The van der Waals surface area contributed by atoms with Crippen LogP contribution in [0.1, 0.15) is 43.2 Å². The third-order valence-electron chi connectivity index (χ3n) is 4.36. The van der Waals surface area contributed by atoms with E-state index in [4.69, 9.17) is 10.5 Å². The zero-order valence-electron chi connectivity index (χ0n) is 16.8. The number of benzene rings is 1. The number of nitrogens with zero attached hydrogens (tertiary/aromatic N) is 1. The maximum Gasteiger partial charge on any atom is 0.326 e. The van der Waals surface area contributed by atoms with Crippen LogP contribution in [0.3, 0.4) is 0 Å². The fourth-order valence-electron chi connectivity index (χ4n) is 2.88. The van der Waals surface area contributed by atoms with E-state index in [1.165, 1.54) is 19.3 Å². The topological polar surface area (TPSA) is 114 Å². The number of hydrogen-bond donors (Lipinski definition) is 3. The molecule has 0 radical (unpaired) electrons. The van der Waals surface area contributed by atoms with E-state index in [1.807, 2.05) is 18.2 Å². The minimum atomic E-state index is -1.14. The van der Waals surface area contributed by atoms with Crippen molar-refractivity contribution < 1.29 is 19.1 Å². The number of primary amides is 1. The van der Waals surface area contributed by atoms with E-state index in [2.05, 4.69) is 38.4 Å². The highest BCUT2D eigenvalue weighted by Crippen LogP contribution is 2.12. The van der Waals surface area contributed by atoms with E-state index in [1.54, 1.807) is 6.07 Å². The highest BCUT2D eigenvalue weighted by atomic mass is 79.9. The average Bonchev–Trinajstić information content (AvgIpc) is 2.96. The van der Waals surface area contributed by atoms with Gasteiger partial charge in [-0.2, -0.15) is 0 Å². The first kappa shape index (κ1) is 23.7. The largest absolute Gasteiger partial charge is 0.380 e. The summed E-state index contributed by atoms with van der Waals surface area (Å²) < 4.78 is 5.58. The number of hydrogen-bond acceptors (Lipinski definition) is 4. The summed E-state index contributed by atoms with van der Waals surface area (Å²) in [5.41, 5.74) is 6.56. The summed E-state index contributed by atoms with van der Waals surface area (Å²) >= 11 is 3.42. The van der Waals surface area contributed by atoms with Gasteiger partial charge < -0.3 is 21.1 Å². The predicted octanol–water partition coefficient (Wildman–Crippen LogP) is 2.45. The van der Waals surface area contributed by atoms with Gasteiger partial charge in [-0.1, -0.05) is 52.7 Å². The second-order valence-electron chi connectivity index (χ2n) is 6.78. The van der Waals surface area contributed by atoms with Crippen LogP contribution in [-0.4, -0.2) is 47.6 Å². The number of amides is 5. The van der Waals surface area contributed by atoms with Crippen molar-refractivity contribution in [1.82, 2.24) is 15.5 Å². The van der Waals surface area contributed by atoms with Crippen LogP contribution in [0.4, 0.5) is 9.59 Å². The first-order valence-corrected chi connectivity index (χ1v) is 11.0. The van der Waals surface area contributed by atoms with Gasteiger partial charge in [0.15, 0.2) is 6.17 Å². The minimum absolute atomic E-state index is 0.0787. The number of unbranched alkanes of at least 4 members (excludes halogenated alkanes) is 3. The fourth-order valence-corrected chi connectivity index (χ4v) is 3.28. The second-order valence-corrected chi connectivity index (χ2v) is 7.58. The molecule has 0 spiro atoms. The summed E-state index contributed by atoms with van der Waals surface area (Å²) in [6.45, 7) is 1.44. The van der Waals surface area contributed by atoms with Crippen molar-refractivity contribution in [3.8, 4) is 11.8 Å². The number of carbonyl (C=O) groups excluding carboxylic acids is 3. The van der Waals surface area contributed by atoms with Crippen molar-refractivity contribution in [2.45, 2.75) is 44.8 Å². The van der Waals surface area contributed by atoms with Gasteiger partial charge in [0, 0.05) is 23.9 Å². The Morgan fingerprint density at radius 1 is 1.23 bits per heavy atom. The first-order chi connectivity index (χ1) is 14.5. The molecule has 0 saturated carbocycles. The van der Waals surface area contributed by atoms with Crippen LogP contribution in [0.25, 0.3) is 0 Å². The fraction of sp³-hybridized carbons (Fsp3) is 0.476. The number of carbonyl (C=O) groups is 3. The van der Waals surface area contributed by atoms with Gasteiger partial charge in [0.1, 0.15) is 0 Å². The highest BCUT2D eigenvalue weighted by Gasteiger charge is 2.38. The number of alkyl halides is 1. The van der Waals surface area contributed by atoms with Crippen molar-refractivity contribution in [3.63, 3.8) is 0 Å². The standard InChI is InChI=1S/C21H27BrN4O4/c22-11-4-1-2-5-12-30-13-6-3-8-16-9-7-10-17(14-16)15-26-19(27)18(24-20(23)28)25-21(26)29/h7,9-10,14,18H,1-2,4-6,11-13,15H2,(H,25,29)(H3,23,24,28). The molecule has 0 aliphatic carbocycles. The average molecular weight is 479 g/mol. The monoisotopic (exact) mass is 478 g/mol. The van der Waals surface area contributed by atoms with Gasteiger partial charge in [0.2, 0.25) is 0 Å². The van der Waals surface area contributed by atoms with E-state index in [0.29, 0.717) is 13.0 Å². The summed E-state index contributed by atoms with van der Waals surface area (Å²) in [6.07, 6.45) is 4.17. The molecule has 162 valence electrons. The molecule has 0 bridgehead atoms. The van der Waals surface area contributed by atoms with Crippen molar-refractivity contribution >= 4 is 33.9 Å². The van der Waals surface area contributed by atoms with E-state index in [0.717, 1.165) is 34.4 Å². The number of halogens is 1. The summed E-state index contributed by atoms with van der Waals surface area (Å²) in [4.78, 5) is 36.2. The lowest BCUT2D eigenvalue weighted by Gasteiger charge is -2.13. The van der Waals surface area contributed by atoms with Crippen LogP contribution in [-0.2, 0) is 16.1 Å². The molecule has 1 unspecified atom stereocenters. The van der Waals surface area contributed by atoms with Crippen LogP contribution in [0.5, 0.6) is 0 Å². The van der Waals surface area contributed by atoms with Gasteiger partial charge in [0.05, 0.1) is 13.2 Å². The summed E-state index contributed by atoms with van der Waals surface area (Å²) in [7, 11) is 0. The number of rotatable bonds is 11. The molecule has 5 amide bonds. The van der Waals surface area contributed by atoms with Crippen LogP contribution in [0.2, 0.25) is 0 Å². The number of ether oxygens (including phenoxy) is 1. The molecule has 1 atom stereocenters. The molecule has 1 aliphatic heterocycles. The SMILES string of the molecule is NC(=O)NC1NC(=O)N(Cc2cccc(C#CCCOCCCCCCBr)c2)C1=O. The molecule has 1 aliphatic rings. The van der Waals surface area contributed by atoms with Crippen LogP contribution >= 0.6 is 15.9 Å². The van der Waals surface area contributed by atoms with Crippen LogP contribution in [0, 0.1) is 11.8 Å². The Hall–Kier alpha value is -2.57. The van der Waals surface area contributed by atoms with Gasteiger partial charge in [-0.3, -0.25) is 9.69 Å². The van der Waals surface area contributed by atoms with Crippen LogP contribution < -0.4 is 16.4 Å². The Kier molecular flexibility index (Phi) is 10.2. The molecule has 1 heterocycles. The number of nitrogens with two attached hydrogens (primary N) is 1. The third-order valence-corrected chi connectivity index (χ3v) is 4.92. The first-order valence-electron chi connectivity index (χ1n) is 9.90. The van der Waals surface area contributed by atoms with Gasteiger partial charge in [-0.05, 0) is 30.5 Å². The Morgan fingerprint density at radius 3 is 2.80 bits per heavy atom. The second kappa shape index (κ2) is 12.9. The molecule has 1 fully saturated rings. The third kappa shape index (κ3) is 8.05. The van der Waals surface area contributed by atoms with E-state index in [9.17, 15) is 14.4 Å². The van der Waals surface area contributed by atoms with E-state index >= 15 is 0 Å². The summed E-state index contributed by atoms with van der Waals surface area (Å²) in [5.74, 6) is 5.59. The maximum absolute atomic E-state index is 12.2. The smallest absolute Gasteiger partial charge is 0.326 e. The lowest BCUT2D eigenvalue weighted by atomic mass is 10.1. The normalized spacial score (nSPS) is 15.5.